The van der Waals surface area contributed by atoms with Crippen LogP contribution in [0.1, 0.15) is 5.56 Å². The number of ether oxygens (including phenoxy) is 1. The number of hydrogen-bond donors (Lipinski definition) is 1. The topological polar surface area (TPSA) is 38.3 Å². The summed E-state index contributed by atoms with van der Waals surface area (Å²) in [6.45, 7) is 0.468. The largest absolute Gasteiger partial charge is 0.497 e. The second-order valence-electron chi connectivity index (χ2n) is 3.91. The Hall–Kier alpha value is -1.74. The van der Waals surface area contributed by atoms with Crippen LogP contribution in [0.15, 0.2) is 36.4 Å². The molecule has 0 spiro atoms. The van der Waals surface area contributed by atoms with Gasteiger partial charge in [-0.25, -0.2) is 0 Å². The van der Waals surface area contributed by atoms with Crippen molar-refractivity contribution in [2.75, 3.05) is 13.0 Å². The molecule has 0 aliphatic rings. The second kappa shape index (κ2) is 5.74. The maximum absolute atomic E-state index is 11.2. The molecule has 0 bridgehead atoms. The smallest absolute Gasteiger partial charge is 0.235 e. The molecule has 2 aromatic rings. The summed E-state index contributed by atoms with van der Waals surface area (Å²) >= 11 is 5.45. The number of halogens is 1. The fourth-order valence-electron chi connectivity index (χ4n) is 1.84. The number of benzene rings is 2. The van der Waals surface area contributed by atoms with Gasteiger partial charge in [-0.2, -0.15) is 0 Å². The third-order valence-electron chi connectivity index (χ3n) is 2.78. The molecule has 2 aromatic carbocycles. The Morgan fingerprint density at radius 1 is 1.33 bits per heavy atom. The van der Waals surface area contributed by atoms with Crippen molar-refractivity contribution in [2.24, 2.45) is 0 Å². The minimum absolute atomic E-state index is 0.0198. The van der Waals surface area contributed by atoms with Gasteiger partial charge in [0, 0.05) is 6.54 Å². The van der Waals surface area contributed by atoms with Gasteiger partial charge in [-0.3, -0.25) is 4.79 Å². The van der Waals surface area contributed by atoms with Crippen LogP contribution in [0.2, 0.25) is 0 Å². The number of methoxy groups -OCH3 is 1. The quantitative estimate of drug-likeness (QED) is 0.862. The van der Waals surface area contributed by atoms with Crippen LogP contribution in [0.5, 0.6) is 5.75 Å². The fourth-order valence-corrected chi connectivity index (χ4v) is 1.93. The van der Waals surface area contributed by atoms with Gasteiger partial charge < -0.3 is 10.1 Å². The van der Waals surface area contributed by atoms with Gasteiger partial charge in [0.25, 0.3) is 0 Å². The molecule has 4 heteroatoms. The van der Waals surface area contributed by atoms with E-state index in [-0.39, 0.29) is 11.8 Å². The van der Waals surface area contributed by atoms with E-state index in [1.54, 1.807) is 7.11 Å². The molecule has 0 saturated heterocycles. The molecule has 0 fully saturated rings. The second-order valence-corrected chi connectivity index (χ2v) is 4.18. The van der Waals surface area contributed by atoms with Crippen molar-refractivity contribution in [3.05, 3.63) is 42.0 Å². The summed E-state index contributed by atoms with van der Waals surface area (Å²) in [4.78, 5) is 11.2. The molecule has 94 valence electrons. The van der Waals surface area contributed by atoms with Crippen molar-refractivity contribution in [3.63, 3.8) is 0 Å². The molecule has 0 heterocycles. The first-order valence-corrected chi connectivity index (χ1v) is 6.16. The van der Waals surface area contributed by atoms with E-state index in [0.29, 0.717) is 6.54 Å². The highest BCUT2D eigenvalue weighted by Crippen LogP contribution is 2.23. The highest BCUT2D eigenvalue weighted by Gasteiger charge is 2.04. The molecule has 1 N–H and O–H groups in total. The normalized spacial score (nSPS) is 10.3. The van der Waals surface area contributed by atoms with Crippen molar-refractivity contribution in [1.29, 1.82) is 0 Å². The van der Waals surface area contributed by atoms with E-state index in [1.165, 1.54) is 0 Å². The van der Waals surface area contributed by atoms with Gasteiger partial charge in [0.05, 0.1) is 7.11 Å². The summed E-state index contributed by atoms with van der Waals surface area (Å²) in [5.74, 6) is 0.615. The first kappa shape index (κ1) is 12.7. The summed E-state index contributed by atoms with van der Waals surface area (Å²) in [6, 6.07) is 11.9. The summed E-state index contributed by atoms with van der Waals surface area (Å²) in [7, 11) is 1.64. The van der Waals surface area contributed by atoms with Crippen LogP contribution in [0.25, 0.3) is 10.8 Å². The number of amides is 1. The number of hydrogen-bond acceptors (Lipinski definition) is 2. The maximum atomic E-state index is 11.2. The third kappa shape index (κ3) is 2.74. The predicted octanol–water partition coefficient (Wildman–Crippen LogP) is 2.70. The first-order valence-electron chi connectivity index (χ1n) is 5.63. The fraction of sp³-hybridized carbons (Fsp3) is 0.214. The number of nitrogens with one attached hydrogen (secondary N) is 1. The molecule has 3 nitrogen and oxygen atoms in total. The van der Waals surface area contributed by atoms with E-state index < -0.39 is 0 Å². The molecule has 18 heavy (non-hydrogen) atoms. The molecule has 0 saturated carbocycles. The van der Waals surface area contributed by atoms with Crippen LogP contribution in [0, 0.1) is 0 Å². The van der Waals surface area contributed by atoms with Crippen molar-refractivity contribution in [2.45, 2.75) is 6.54 Å². The monoisotopic (exact) mass is 263 g/mol. The molecule has 0 atom stereocenters. The predicted molar refractivity (Wildman–Crippen MR) is 73.1 cm³/mol. The molecule has 0 aromatic heterocycles. The van der Waals surface area contributed by atoms with Crippen molar-refractivity contribution in [1.82, 2.24) is 5.32 Å². The van der Waals surface area contributed by atoms with Gasteiger partial charge in [0.2, 0.25) is 5.91 Å². The lowest BCUT2D eigenvalue weighted by Gasteiger charge is -2.09. The minimum atomic E-state index is -0.170. The molecule has 2 rings (SSSR count). The Labute approximate surface area is 111 Å². The summed E-state index contributed by atoms with van der Waals surface area (Å²) in [5, 5.41) is 4.96. The van der Waals surface area contributed by atoms with E-state index >= 15 is 0 Å². The maximum Gasteiger partial charge on any atom is 0.235 e. The van der Waals surface area contributed by atoms with Crippen LogP contribution in [0.3, 0.4) is 0 Å². The molecule has 1 amide bonds. The number of alkyl halides is 1. The van der Waals surface area contributed by atoms with Crippen molar-refractivity contribution < 1.29 is 9.53 Å². The molecular weight excluding hydrogens is 250 g/mol. The van der Waals surface area contributed by atoms with Crippen molar-refractivity contribution in [3.8, 4) is 5.75 Å². The molecular formula is C14H14ClNO2. The number of carbonyl (C=O) groups is 1. The summed E-state index contributed by atoms with van der Waals surface area (Å²) in [6.07, 6.45) is 0. The zero-order chi connectivity index (χ0) is 13.0. The molecule has 0 aliphatic heterocycles. The van der Waals surface area contributed by atoms with Gasteiger partial charge in [0.1, 0.15) is 11.6 Å². The summed E-state index contributed by atoms with van der Waals surface area (Å²) in [5.41, 5.74) is 1.05. The van der Waals surface area contributed by atoms with Gasteiger partial charge in [0.15, 0.2) is 0 Å². The van der Waals surface area contributed by atoms with Gasteiger partial charge in [-0.1, -0.05) is 24.3 Å². The standard InChI is InChI=1S/C14H14ClNO2/c1-18-12-6-5-10-3-2-4-11(13(10)7-12)9-16-14(17)8-15/h2-7H,8-9H2,1H3,(H,16,17). The van der Waals surface area contributed by atoms with E-state index in [2.05, 4.69) is 5.32 Å². The van der Waals surface area contributed by atoms with E-state index in [9.17, 15) is 4.79 Å². The number of carbonyl (C=O) groups excluding carboxylic acids is 1. The third-order valence-corrected chi connectivity index (χ3v) is 3.02. The van der Waals surface area contributed by atoms with Gasteiger partial charge in [-0.05, 0) is 28.5 Å². The highest BCUT2D eigenvalue weighted by atomic mass is 35.5. The van der Waals surface area contributed by atoms with Crippen LogP contribution >= 0.6 is 11.6 Å². The Kier molecular flexibility index (Phi) is 4.05. The van der Waals surface area contributed by atoms with E-state index in [4.69, 9.17) is 16.3 Å². The Morgan fingerprint density at radius 2 is 2.17 bits per heavy atom. The lowest BCUT2D eigenvalue weighted by Crippen LogP contribution is -2.23. The zero-order valence-electron chi connectivity index (χ0n) is 10.1. The average molecular weight is 264 g/mol. The highest BCUT2D eigenvalue weighted by molar-refractivity contribution is 6.27. The Morgan fingerprint density at radius 3 is 2.89 bits per heavy atom. The number of fused-ring (bicyclic) bond motifs is 1. The molecule has 0 unspecified atom stereocenters. The molecule has 0 radical (unpaired) electrons. The minimum Gasteiger partial charge on any atom is -0.497 e. The summed E-state index contributed by atoms with van der Waals surface area (Å²) < 4.78 is 5.22. The number of rotatable bonds is 4. The Balaban J connectivity index is 2.34. The Bertz CT molecular complexity index is 569. The first-order chi connectivity index (χ1) is 8.74. The van der Waals surface area contributed by atoms with E-state index in [1.807, 2.05) is 36.4 Å². The zero-order valence-corrected chi connectivity index (χ0v) is 10.8. The lowest BCUT2D eigenvalue weighted by atomic mass is 10.0. The SMILES string of the molecule is COc1ccc2cccc(CNC(=O)CCl)c2c1. The van der Waals surface area contributed by atoms with Crippen LogP contribution < -0.4 is 10.1 Å². The lowest BCUT2D eigenvalue weighted by molar-refractivity contribution is -0.118. The van der Waals surface area contributed by atoms with Gasteiger partial charge in [-0.15, -0.1) is 11.6 Å². The van der Waals surface area contributed by atoms with Crippen molar-refractivity contribution >= 4 is 28.3 Å². The van der Waals surface area contributed by atoms with Crippen LogP contribution in [-0.2, 0) is 11.3 Å². The van der Waals surface area contributed by atoms with Gasteiger partial charge >= 0.3 is 0 Å². The van der Waals surface area contributed by atoms with Crippen LogP contribution in [-0.4, -0.2) is 18.9 Å². The van der Waals surface area contributed by atoms with Crippen LogP contribution in [0.4, 0.5) is 0 Å². The van der Waals surface area contributed by atoms with E-state index in [0.717, 1.165) is 22.1 Å². The molecule has 0 aliphatic carbocycles. The average Bonchev–Trinajstić information content (AvgIpc) is 2.43.